The second-order valence-electron chi connectivity index (χ2n) is 5.01. The van der Waals surface area contributed by atoms with Crippen LogP contribution in [0, 0.1) is 18.8 Å². The van der Waals surface area contributed by atoms with Gasteiger partial charge in [0.1, 0.15) is 6.61 Å². The van der Waals surface area contributed by atoms with Crippen molar-refractivity contribution in [2.45, 2.75) is 25.9 Å². The Hall–Kier alpha value is -1.83. The maximum atomic E-state index is 12.5. The zero-order valence-corrected chi connectivity index (χ0v) is 11.6. The lowest BCUT2D eigenvalue weighted by Gasteiger charge is -2.30. The van der Waals surface area contributed by atoms with Gasteiger partial charge in [-0.3, -0.25) is 4.79 Å². The molecule has 20 heavy (non-hydrogen) atoms. The zero-order valence-electron chi connectivity index (χ0n) is 11.6. The molecule has 0 bridgehead atoms. The first-order valence-corrected chi connectivity index (χ1v) is 6.79. The number of amides is 1. The minimum atomic E-state index is -0.290. The van der Waals surface area contributed by atoms with Crippen molar-refractivity contribution in [3.63, 3.8) is 0 Å². The third-order valence-electron chi connectivity index (χ3n) is 3.53. The molecule has 1 aliphatic rings. The fraction of sp³-hybridized carbons (Fsp3) is 0.438. The van der Waals surface area contributed by atoms with Gasteiger partial charge in [-0.25, -0.2) is 0 Å². The van der Waals surface area contributed by atoms with Crippen molar-refractivity contribution in [3.8, 4) is 11.8 Å². The Morgan fingerprint density at radius 3 is 2.75 bits per heavy atom. The number of rotatable bonds is 1. The monoisotopic (exact) mass is 273 g/mol. The molecule has 0 radical (unpaired) electrons. The standard InChI is InChI=1S/C16H19NO3/c1-12-4-5-13(3-2-10-18)11-15(12)16(20)17-8-6-14(19)7-9-17/h4-5,11,14,18-19H,6-10H2,1H3. The molecule has 1 aromatic carbocycles. The van der Waals surface area contributed by atoms with Crippen LogP contribution in [0.5, 0.6) is 0 Å². The van der Waals surface area contributed by atoms with Gasteiger partial charge in [0.15, 0.2) is 0 Å². The Bertz CT molecular complexity index is 549. The van der Waals surface area contributed by atoms with Crippen LogP contribution < -0.4 is 0 Å². The van der Waals surface area contributed by atoms with E-state index in [1.165, 1.54) is 0 Å². The van der Waals surface area contributed by atoms with Crippen molar-refractivity contribution >= 4 is 5.91 Å². The van der Waals surface area contributed by atoms with E-state index < -0.39 is 0 Å². The van der Waals surface area contributed by atoms with Gasteiger partial charge >= 0.3 is 0 Å². The highest BCUT2D eigenvalue weighted by molar-refractivity contribution is 5.96. The van der Waals surface area contributed by atoms with Gasteiger partial charge < -0.3 is 15.1 Å². The highest BCUT2D eigenvalue weighted by atomic mass is 16.3. The minimum absolute atomic E-state index is 0.0120. The van der Waals surface area contributed by atoms with Crippen LogP contribution in [0.2, 0.25) is 0 Å². The van der Waals surface area contributed by atoms with Crippen molar-refractivity contribution < 1.29 is 15.0 Å². The van der Waals surface area contributed by atoms with Crippen LogP contribution >= 0.6 is 0 Å². The van der Waals surface area contributed by atoms with Crippen molar-refractivity contribution in [1.82, 2.24) is 4.90 Å². The summed E-state index contributed by atoms with van der Waals surface area (Å²) in [6.45, 7) is 2.88. The highest BCUT2D eigenvalue weighted by Crippen LogP contribution is 2.17. The molecule has 1 aliphatic heterocycles. The molecule has 4 nitrogen and oxygen atoms in total. The summed E-state index contributed by atoms with van der Waals surface area (Å²) in [6, 6.07) is 5.48. The van der Waals surface area contributed by atoms with E-state index in [2.05, 4.69) is 11.8 Å². The van der Waals surface area contributed by atoms with E-state index in [4.69, 9.17) is 5.11 Å². The molecule has 1 aromatic rings. The van der Waals surface area contributed by atoms with E-state index in [1.54, 1.807) is 11.0 Å². The van der Waals surface area contributed by atoms with Gasteiger partial charge in [-0.1, -0.05) is 17.9 Å². The molecule has 1 amide bonds. The van der Waals surface area contributed by atoms with Crippen LogP contribution in [0.25, 0.3) is 0 Å². The number of benzene rings is 1. The average Bonchev–Trinajstić information content (AvgIpc) is 2.46. The molecule has 1 fully saturated rings. The van der Waals surface area contributed by atoms with Crippen molar-refractivity contribution in [2.75, 3.05) is 19.7 Å². The number of hydrogen-bond donors (Lipinski definition) is 2. The SMILES string of the molecule is Cc1ccc(C#CCO)cc1C(=O)N1CCC(O)CC1. The van der Waals surface area contributed by atoms with Crippen LogP contribution in [0.1, 0.15) is 34.3 Å². The third kappa shape index (κ3) is 3.38. The predicted octanol–water partition coefficient (Wildman–Crippen LogP) is 0.936. The third-order valence-corrected chi connectivity index (χ3v) is 3.53. The first-order chi connectivity index (χ1) is 9.61. The molecule has 1 saturated heterocycles. The lowest BCUT2D eigenvalue weighted by atomic mass is 10.0. The van der Waals surface area contributed by atoms with Crippen LogP contribution in [0.15, 0.2) is 18.2 Å². The molecule has 0 unspecified atom stereocenters. The Kier molecular flexibility index (Phi) is 4.78. The summed E-state index contributed by atoms with van der Waals surface area (Å²) in [5.41, 5.74) is 2.28. The van der Waals surface area contributed by atoms with Crippen molar-refractivity contribution in [2.24, 2.45) is 0 Å². The molecule has 0 aromatic heterocycles. The van der Waals surface area contributed by atoms with Crippen LogP contribution in [-0.4, -0.2) is 46.8 Å². The lowest BCUT2D eigenvalue weighted by Crippen LogP contribution is -2.40. The average molecular weight is 273 g/mol. The molecular formula is C16H19NO3. The summed E-state index contributed by atoms with van der Waals surface area (Å²) in [6.07, 6.45) is 0.978. The number of likely N-dealkylation sites (tertiary alicyclic amines) is 1. The number of carbonyl (C=O) groups excluding carboxylic acids is 1. The summed E-state index contributed by atoms with van der Waals surface area (Å²) >= 11 is 0. The fourth-order valence-electron chi connectivity index (χ4n) is 2.31. The number of nitrogens with zero attached hydrogens (tertiary/aromatic N) is 1. The maximum Gasteiger partial charge on any atom is 0.254 e. The topological polar surface area (TPSA) is 60.8 Å². The van der Waals surface area contributed by atoms with Gasteiger partial charge in [-0.15, -0.1) is 0 Å². The Balaban J connectivity index is 2.20. The van der Waals surface area contributed by atoms with E-state index in [9.17, 15) is 9.90 Å². The molecule has 0 saturated carbocycles. The number of aryl methyl sites for hydroxylation is 1. The van der Waals surface area contributed by atoms with Crippen LogP contribution in [-0.2, 0) is 0 Å². The van der Waals surface area contributed by atoms with E-state index in [1.807, 2.05) is 19.1 Å². The Morgan fingerprint density at radius 2 is 2.10 bits per heavy atom. The molecule has 2 N–H and O–H groups in total. The maximum absolute atomic E-state index is 12.5. The summed E-state index contributed by atoms with van der Waals surface area (Å²) in [5, 5.41) is 18.2. The van der Waals surface area contributed by atoms with Crippen LogP contribution in [0.3, 0.4) is 0 Å². The van der Waals surface area contributed by atoms with E-state index >= 15 is 0 Å². The smallest absolute Gasteiger partial charge is 0.254 e. The van der Waals surface area contributed by atoms with Crippen LogP contribution in [0.4, 0.5) is 0 Å². The zero-order chi connectivity index (χ0) is 14.5. The first-order valence-electron chi connectivity index (χ1n) is 6.79. The van der Waals surface area contributed by atoms with Gasteiger partial charge in [0.05, 0.1) is 6.10 Å². The lowest BCUT2D eigenvalue weighted by molar-refractivity contribution is 0.0546. The van der Waals surface area contributed by atoms with Crippen molar-refractivity contribution in [3.05, 3.63) is 34.9 Å². The number of hydrogen-bond acceptors (Lipinski definition) is 3. The Labute approximate surface area is 119 Å². The highest BCUT2D eigenvalue weighted by Gasteiger charge is 2.23. The molecule has 1 heterocycles. The number of aliphatic hydroxyl groups is 2. The van der Waals surface area contributed by atoms with E-state index in [0.29, 0.717) is 31.5 Å². The summed E-state index contributed by atoms with van der Waals surface area (Å²) in [7, 11) is 0. The quantitative estimate of drug-likeness (QED) is 0.749. The molecule has 4 heteroatoms. The second kappa shape index (κ2) is 6.56. The first kappa shape index (κ1) is 14.6. The Morgan fingerprint density at radius 1 is 1.40 bits per heavy atom. The summed E-state index contributed by atoms with van der Waals surface area (Å²) in [5.74, 6) is 5.39. The number of piperidine rings is 1. The van der Waals surface area contributed by atoms with Gasteiger partial charge in [0, 0.05) is 24.2 Å². The summed E-state index contributed by atoms with van der Waals surface area (Å²) in [4.78, 5) is 14.3. The molecule has 106 valence electrons. The fourth-order valence-corrected chi connectivity index (χ4v) is 2.31. The number of carbonyl (C=O) groups is 1. The molecule has 0 atom stereocenters. The summed E-state index contributed by atoms with van der Waals surface area (Å²) < 4.78 is 0. The largest absolute Gasteiger partial charge is 0.393 e. The van der Waals surface area contributed by atoms with Gasteiger partial charge in [-0.2, -0.15) is 0 Å². The van der Waals surface area contributed by atoms with Gasteiger partial charge in [0.2, 0.25) is 0 Å². The normalized spacial score (nSPS) is 15.7. The van der Waals surface area contributed by atoms with Crippen molar-refractivity contribution in [1.29, 1.82) is 0 Å². The molecular weight excluding hydrogens is 254 g/mol. The van der Waals surface area contributed by atoms with E-state index in [-0.39, 0.29) is 18.6 Å². The molecule has 2 rings (SSSR count). The molecule has 0 aliphatic carbocycles. The van der Waals surface area contributed by atoms with Gasteiger partial charge in [0.25, 0.3) is 5.91 Å². The van der Waals surface area contributed by atoms with E-state index in [0.717, 1.165) is 11.1 Å². The number of aliphatic hydroxyl groups excluding tert-OH is 2. The minimum Gasteiger partial charge on any atom is -0.393 e. The molecule has 0 spiro atoms. The van der Waals surface area contributed by atoms with Gasteiger partial charge in [-0.05, 0) is 37.5 Å². The predicted molar refractivity (Wildman–Crippen MR) is 76.3 cm³/mol. The second-order valence-corrected chi connectivity index (χ2v) is 5.01.